The Kier molecular flexibility index (Phi) is 6.01. The van der Waals surface area contributed by atoms with Crippen molar-refractivity contribution in [2.24, 2.45) is 0 Å². The normalized spacial score (nSPS) is 10.6. The summed E-state index contributed by atoms with van der Waals surface area (Å²) in [6.07, 6.45) is 7.00. The molecule has 150 valence electrons. The van der Waals surface area contributed by atoms with Crippen molar-refractivity contribution in [1.29, 1.82) is 0 Å². The molecule has 3 heterocycles. The number of thioether (sulfide) groups is 1. The molecule has 0 aliphatic rings. The van der Waals surface area contributed by atoms with Gasteiger partial charge in [-0.2, -0.15) is 0 Å². The molecule has 9 heteroatoms. The van der Waals surface area contributed by atoms with Gasteiger partial charge < -0.3 is 4.74 Å². The fourth-order valence-electron chi connectivity index (χ4n) is 2.78. The van der Waals surface area contributed by atoms with Crippen molar-refractivity contribution in [3.8, 4) is 28.4 Å². The summed E-state index contributed by atoms with van der Waals surface area (Å²) in [6.45, 7) is 0. The Morgan fingerprint density at radius 3 is 2.63 bits per heavy atom. The molecule has 30 heavy (non-hydrogen) atoms. The van der Waals surface area contributed by atoms with E-state index >= 15 is 0 Å². The molecule has 7 nitrogen and oxygen atoms in total. The maximum Gasteiger partial charge on any atom is 0.316 e. The highest BCUT2D eigenvalue weighted by Gasteiger charge is 2.14. The highest BCUT2D eigenvalue weighted by atomic mass is 32.2. The second-order valence-corrected chi connectivity index (χ2v) is 7.74. The first kappa shape index (κ1) is 20.0. The Morgan fingerprint density at radius 2 is 1.87 bits per heavy atom. The molecule has 4 rings (SSSR count). The second kappa shape index (κ2) is 9.02. The van der Waals surface area contributed by atoms with Crippen LogP contribution in [-0.2, 0) is 0 Å². The van der Waals surface area contributed by atoms with E-state index < -0.39 is 0 Å². The molecule has 0 atom stereocenters. The van der Waals surface area contributed by atoms with Crippen LogP contribution in [-0.4, -0.2) is 39.2 Å². The van der Waals surface area contributed by atoms with Crippen LogP contribution in [0.15, 0.2) is 65.4 Å². The number of carbonyl (C=O) groups excluding carboxylic acids is 1. The standard InChI is InChI=1S/C21H17N5O2S2/c1-28-20-23-10-15(11-24-20)13-5-3-6-14(9-13)17-12-30-21(25-17)26-18(27)16-7-4-8-22-19(16)29-2/h3-12H,1-2H3,(H,25,26,27). The van der Waals surface area contributed by atoms with Crippen LogP contribution >= 0.6 is 23.1 Å². The van der Waals surface area contributed by atoms with E-state index in [1.807, 2.05) is 35.9 Å². The molecule has 0 spiro atoms. The van der Waals surface area contributed by atoms with Crippen LogP contribution in [0.5, 0.6) is 6.01 Å². The van der Waals surface area contributed by atoms with Crippen molar-refractivity contribution in [2.75, 3.05) is 18.7 Å². The number of anilines is 1. The fraction of sp³-hybridized carbons (Fsp3) is 0.0952. The zero-order valence-electron chi connectivity index (χ0n) is 16.2. The van der Waals surface area contributed by atoms with Crippen molar-refractivity contribution in [2.45, 2.75) is 5.03 Å². The van der Waals surface area contributed by atoms with E-state index in [0.717, 1.165) is 22.4 Å². The van der Waals surface area contributed by atoms with Crippen LogP contribution in [0.25, 0.3) is 22.4 Å². The molecule has 0 radical (unpaired) electrons. The number of hydrogen-bond donors (Lipinski definition) is 1. The first-order valence-electron chi connectivity index (χ1n) is 8.90. The number of thiazole rings is 1. The van der Waals surface area contributed by atoms with E-state index in [2.05, 4.69) is 25.3 Å². The number of nitrogens with zero attached hydrogens (tertiary/aromatic N) is 4. The van der Waals surface area contributed by atoms with Crippen molar-refractivity contribution < 1.29 is 9.53 Å². The highest BCUT2D eigenvalue weighted by Crippen LogP contribution is 2.29. The molecule has 0 unspecified atom stereocenters. The molecule has 0 saturated carbocycles. The molecule has 0 aliphatic carbocycles. The van der Waals surface area contributed by atoms with Gasteiger partial charge >= 0.3 is 6.01 Å². The zero-order valence-corrected chi connectivity index (χ0v) is 17.8. The lowest BCUT2D eigenvalue weighted by Gasteiger charge is -2.05. The lowest BCUT2D eigenvalue weighted by molar-refractivity contribution is 0.102. The zero-order chi connectivity index (χ0) is 20.9. The monoisotopic (exact) mass is 435 g/mol. The van der Waals surface area contributed by atoms with Gasteiger partial charge in [-0.15, -0.1) is 23.1 Å². The van der Waals surface area contributed by atoms with Gasteiger partial charge in [-0.3, -0.25) is 10.1 Å². The van der Waals surface area contributed by atoms with Gasteiger partial charge in [0.2, 0.25) is 0 Å². The van der Waals surface area contributed by atoms with Gasteiger partial charge in [0.05, 0.1) is 18.4 Å². The smallest absolute Gasteiger partial charge is 0.316 e. The third-order valence-electron chi connectivity index (χ3n) is 4.24. The third kappa shape index (κ3) is 4.32. The third-order valence-corrected chi connectivity index (χ3v) is 5.71. The maximum absolute atomic E-state index is 12.6. The van der Waals surface area contributed by atoms with E-state index in [-0.39, 0.29) is 5.91 Å². The quantitative estimate of drug-likeness (QED) is 0.441. The minimum Gasteiger partial charge on any atom is -0.467 e. The van der Waals surface area contributed by atoms with Crippen LogP contribution in [0.4, 0.5) is 5.13 Å². The first-order chi connectivity index (χ1) is 14.7. The van der Waals surface area contributed by atoms with Crippen molar-refractivity contribution in [3.63, 3.8) is 0 Å². The molecule has 0 saturated heterocycles. The van der Waals surface area contributed by atoms with Gasteiger partial charge in [-0.05, 0) is 30.0 Å². The second-order valence-electron chi connectivity index (χ2n) is 6.09. The Labute approximate surface area is 181 Å². The predicted molar refractivity (Wildman–Crippen MR) is 119 cm³/mol. The molecule has 1 amide bonds. The van der Waals surface area contributed by atoms with E-state index in [0.29, 0.717) is 21.7 Å². The number of methoxy groups -OCH3 is 1. The molecule has 0 aliphatic heterocycles. The van der Waals surface area contributed by atoms with E-state index in [9.17, 15) is 4.79 Å². The van der Waals surface area contributed by atoms with Crippen LogP contribution in [0, 0.1) is 0 Å². The molecule has 4 aromatic rings. The number of nitrogens with one attached hydrogen (secondary N) is 1. The Morgan fingerprint density at radius 1 is 1.07 bits per heavy atom. The average Bonchev–Trinajstić information content (AvgIpc) is 3.27. The molecule has 0 bridgehead atoms. The number of ether oxygens (including phenoxy) is 1. The van der Waals surface area contributed by atoms with Gasteiger partial charge in [0, 0.05) is 35.1 Å². The minimum absolute atomic E-state index is 0.225. The van der Waals surface area contributed by atoms with Crippen LogP contribution in [0.2, 0.25) is 0 Å². The van der Waals surface area contributed by atoms with Gasteiger partial charge in [0.15, 0.2) is 5.13 Å². The summed E-state index contributed by atoms with van der Waals surface area (Å²) in [5, 5.41) is 5.99. The first-order valence-corrected chi connectivity index (χ1v) is 11.0. The lowest BCUT2D eigenvalue weighted by atomic mass is 10.0. The number of carbonyl (C=O) groups is 1. The summed E-state index contributed by atoms with van der Waals surface area (Å²) in [5.74, 6) is -0.225. The van der Waals surface area contributed by atoms with Crippen LogP contribution in [0.3, 0.4) is 0 Å². The van der Waals surface area contributed by atoms with Gasteiger partial charge in [-0.25, -0.2) is 19.9 Å². The molecular formula is C21H17N5O2S2. The minimum atomic E-state index is -0.225. The Hall–Kier alpha value is -3.30. The number of amides is 1. The molecular weight excluding hydrogens is 418 g/mol. The van der Waals surface area contributed by atoms with E-state index in [1.54, 1.807) is 30.7 Å². The van der Waals surface area contributed by atoms with Gasteiger partial charge in [0.1, 0.15) is 5.03 Å². The number of benzene rings is 1. The van der Waals surface area contributed by atoms with Crippen molar-refractivity contribution in [1.82, 2.24) is 19.9 Å². The summed E-state index contributed by atoms with van der Waals surface area (Å²) in [5.41, 5.74) is 4.09. The van der Waals surface area contributed by atoms with Crippen LogP contribution < -0.4 is 10.1 Å². The molecule has 3 aromatic heterocycles. The lowest BCUT2D eigenvalue weighted by Crippen LogP contribution is -2.13. The molecule has 0 fully saturated rings. The van der Waals surface area contributed by atoms with E-state index in [1.165, 1.54) is 30.2 Å². The highest BCUT2D eigenvalue weighted by molar-refractivity contribution is 7.98. The van der Waals surface area contributed by atoms with Gasteiger partial charge in [-0.1, -0.05) is 18.2 Å². The van der Waals surface area contributed by atoms with E-state index in [4.69, 9.17) is 4.74 Å². The summed E-state index contributed by atoms with van der Waals surface area (Å²) < 4.78 is 5.01. The van der Waals surface area contributed by atoms with Crippen molar-refractivity contribution >= 4 is 34.1 Å². The number of pyridine rings is 1. The number of aromatic nitrogens is 4. The van der Waals surface area contributed by atoms with Crippen molar-refractivity contribution in [3.05, 3.63) is 65.9 Å². The summed E-state index contributed by atoms with van der Waals surface area (Å²) in [4.78, 5) is 29.7. The average molecular weight is 436 g/mol. The molecule has 1 aromatic carbocycles. The van der Waals surface area contributed by atoms with Crippen LogP contribution in [0.1, 0.15) is 10.4 Å². The Balaban J connectivity index is 1.54. The largest absolute Gasteiger partial charge is 0.467 e. The summed E-state index contributed by atoms with van der Waals surface area (Å²) in [7, 11) is 1.53. The maximum atomic E-state index is 12.6. The predicted octanol–water partition coefficient (Wildman–Crippen LogP) is 4.64. The fourth-order valence-corrected chi connectivity index (χ4v) is 4.04. The SMILES string of the molecule is COc1ncc(-c2cccc(-c3csc(NC(=O)c4cccnc4SC)n3)c2)cn1. The van der Waals surface area contributed by atoms with Gasteiger partial charge in [0.25, 0.3) is 5.91 Å². The number of rotatable bonds is 6. The summed E-state index contributed by atoms with van der Waals surface area (Å²) in [6, 6.07) is 11.7. The Bertz CT molecular complexity index is 1180. The summed E-state index contributed by atoms with van der Waals surface area (Å²) >= 11 is 2.81. The molecule has 1 N–H and O–H groups in total. The topological polar surface area (TPSA) is 89.9 Å². The number of hydrogen-bond acceptors (Lipinski definition) is 8.